The van der Waals surface area contributed by atoms with Crippen LogP contribution in [0.25, 0.3) is 0 Å². The van der Waals surface area contributed by atoms with Crippen LogP contribution in [0.2, 0.25) is 0 Å². The summed E-state index contributed by atoms with van der Waals surface area (Å²) in [6.45, 7) is 6.54. The van der Waals surface area contributed by atoms with Crippen molar-refractivity contribution in [3.63, 3.8) is 0 Å². The van der Waals surface area contributed by atoms with E-state index in [1.54, 1.807) is 6.07 Å². The molecule has 0 amide bonds. The van der Waals surface area contributed by atoms with Gasteiger partial charge in [-0.1, -0.05) is 19.1 Å². The largest absolute Gasteiger partial charge is 0.326 e. The molecule has 0 aliphatic carbocycles. The van der Waals surface area contributed by atoms with E-state index in [-0.39, 0.29) is 5.82 Å². The number of likely N-dealkylation sites (N-methyl/N-ethyl adjacent to an activating group) is 1. The molecule has 20 heavy (non-hydrogen) atoms. The third kappa shape index (κ3) is 3.78. The number of hydrogen-bond acceptors (Lipinski definition) is 3. The van der Waals surface area contributed by atoms with Gasteiger partial charge in [-0.2, -0.15) is 0 Å². The van der Waals surface area contributed by atoms with Crippen LogP contribution in [0.1, 0.15) is 30.9 Å². The quantitative estimate of drug-likeness (QED) is 0.917. The zero-order valence-electron chi connectivity index (χ0n) is 12.6. The van der Waals surface area contributed by atoms with Gasteiger partial charge in [0.05, 0.1) is 0 Å². The third-order valence-corrected chi connectivity index (χ3v) is 4.22. The molecule has 1 atom stereocenters. The summed E-state index contributed by atoms with van der Waals surface area (Å²) in [5, 5.41) is 0. The lowest BCUT2D eigenvalue weighted by molar-refractivity contribution is 0.174. The van der Waals surface area contributed by atoms with E-state index in [9.17, 15) is 4.39 Å². The highest BCUT2D eigenvalue weighted by Crippen LogP contribution is 2.18. The van der Waals surface area contributed by atoms with E-state index in [4.69, 9.17) is 5.73 Å². The van der Waals surface area contributed by atoms with Gasteiger partial charge in [0.15, 0.2) is 0 Å². The van der Waals surface area contributed by atoms with Crippen molar-refractivity contribution in [2.45, 2.75) is 38.9 Å². The van der Waals surface area contributed by atoms with Gasteiger partial charge in [-0.15, -0.1) is 0 Å². The Balaban J connectivity index is 2.10. The summed E-state index contributed by atoms with van der Waals surface area (Å²) in [5.41, 5.74) is 7.19. The Morgan fingerprint density at radius 1 is 1.35 bits per heavy atom. The van der Waals surface area contributed by atoms with E-state index < -0.39 is 0 Å². The summed E-state index contributed by atoms with van der Waals surface area (Å²) in [6, 6.07) is 5.90. The molecule has 0 bridgehead atoms. The zero-order chi connectivity index (χ0) is 14.5. The third-order valence-electron chi connectivity index (χ3n) is 4.22. The van der Waals surface area contributed by atoms with Crippen molar-refractivity contribution in [3.8, 4) is 0 Å². The summed E-state index contributed by atoms with van der Waals surface area (Å²) in [7, 11) is 2.17. The lowest BCUT2D eigenvalue weighted by Gasteiger charge is -2.30. The highest BCUT2D eigenvalue weighted by atomic mass is 19.1. The molecule has 1 heterocycles. The maximum atomic E-state index is 14.1. The highest BCUT2D eigenvalue weighted by Gasteiger charge is 2.22. The maximum Gasteiger partial charge on any atom is 0.128 e. The highest BCUT2D eigenvalue weighted by molar-refractivity contribution is 5.24. The molecule has 1 aromatic carbocycles. The van der Waals surface area contributed by atoms with Crippen LogP contribution in [0.15, 0.2) is 18.2 Å². The van der Waals surface area contributed by atoms with E-state index >= 15 is 0 Å². The lowest BCUT2D eigenvalue weighted by Crippen LogP contribution is -2.39. The van der Waals surface area contributed by atoms with Crippen LogP contribution in [0.3, 0.4) is 0 Å². The van der Waals surface area contributed by atoms with Crippen LogP contribution in [-0.2, 0) is 13.1 Å². The smallest absolute Gasteiger partial charge is 0.128 e. The minimum absolute atomic E-state index is 0.125. The first kappa shape index (κ1) is 15.4. The van der Waals surface area contributed by atoms with Crippen molar-refractivity contribution in [1.82, 2.24) is 9.80 Å². The number of rotatable bonds is 4. The fourth-order valence-electron chi connectivity index (χ4n) is 2.95. The van der Waals surface area contributed by atoms with Crippen molar-refractivity contribution < 1.29 is 4.39 Å². The minimum Gasteiger partial charge on any atom is -0.326 e. The molecule has 0 radical (unpaired) electrons. The first-order chi connectivity index (χ1) is 9.63. The first-order valence-electron chi connectivity index (χ1n) is 7.54. The van der Waals surface area contributed by atoms with Crippen molar-refractivity contribution in [2.75, 3.05) is 26.7 Å². The summed E-state index contributed by atoms with van der Waals surface area (Å²) in [6.07, 6.45) is 2.25. The van der Waals surface area contributed by atoms with E-state index in [1.807, 2.05) is 12.1 Å². The summed E-state index contributed by atoms with van der Waals surface area (Å²) >= 11 is 0. The number of nitrogens with two attached hydrogens (primary N) is 1. The van der Waals surface area contributed by atoms with E-state index in [0.717, 1.165) is 43.6 Å². The van der Waals surface area contributed by atoms with Gasteiger partial charge in [-0.25, -0.2) is 4.39 Å². The van der Waals surface area contributed by atoms with Gasteiger partial charge < -0.3 is 10.6 Å². The molecule has 2 N–H and O–H groups in total. The van der Waals surface area contributed by atoms with Crippen molar-refractivity contribution in [3.05, 3.63) is 35.1 Å². The minimum atomic E-state index is -0.125. The molecule has 112 valence electrons. The number of halogens is 1. The summed E-state index contributed by atoms with van der Waals surface area (Å²) in [4.78, 5) is 4.80. The fraction of sp³-hybridized carbons (Fsp3) is 0.625. The van der Waals surface area contributed by atoms with Crippen LogP contribution in [0, 0.1) is 5.82 Å². The Morgan fingerprint density at radius 3 is 2.80 bits per heavy atom. The Hall–Kier alpha value is -0.970. The normalized spacial score (nSPS) is 21.9. The van der Waals surface area contributed by atoms with E-state index in [0.29, 0.717) is 19.1 Å². The molecule has 1 saturated heterocycles. The van der Waals surface area contributed by atoms with E-state index in [2.05, 4.69) is 23.8 Å². The molecule has 1 fully saturated rings. The Morgan fingerprint density at radius 2 is 2.15 bits per heavy atom. The Bertz CT molecular complexity index is 436. The predicted molar refractivity (Wildman–Crippen MR) is 80.9 cm³/mol. The second kappa shape index (κ2) is 7.16. The van der Waals surface area contributed by atoms with E-state index in [1.165, 1.54) is 0 Å². The van der Waals surface area contributed by atoms with Crippen LogP contribution in [0.5, 0.6) is 0 Å². The number of nitrogens with zero attached hydrogens (tertiary/aromatic N) is 2. The van der Waals surface area contributed by atoms with Gasteiger partial charge in [0.25, 0.3) is 0 Å². The second-order valence-electron chi connectivity index (χ2n) is 5.78. The Kier molecular flexibility index (Phi) is 5.52. The molecule has 2 rings (SSSR count). The van der Waals surface area contributed by atoms with Crippen LogP contribution in [0.4, 0.5) is 4.39 Å². The molecule has 0 spiro atoms. The van der Waals surface area contributed by atoms with Gasteiger partial charge in [-0.05, 0) is 38.1 Å². The second-order valence-corrected chi connectivity index (χ2v) is 5.78. The topological polar surface area (TPSA) is 32.5 Å². The fourth-order valence-corrected chi connectivity index (χ4v) is 2.95. The van der Waals surface area contributed by atoms with Crippen LogP contribution in [-0.4, -0.2) is 42.5 Å². The lowest BCUT2D eigenvalue weighted by atomic mass is 10.1. The van der Waals surface area contributed by atoms with Gasteiger partial charge in [-0.3, -0.25) is 4.90 Å². The number of hydrogen-bond donors (Lipinski definition) is 1. The summed E-state index contributed by atoms with van der Waals surface area (Å²) in [5.74, 6) is -0.125. The van der Waals surface area contributed by atoms with Gasteiger partial charge in [0.2, 0.25) is 0 Å². The molecule has 0 aromatic heterocycles. The van der Waals surface area contributed by atoms with Crippen molar-refractivity contribution in [1.29, 1.82) is 0 Å². The summed E-state index contributed by atoms with van der Waals surface area (Å²) < 4.78 is 14.1. The van der Waals surface area contributed by atoms with Crippen molar-refractivity contribution >= 4 is 0 Å². The molecule has 0 saturated carbocycles. The Labute approximate surface area is 121 Å². The van der Waals surface area contributed by atoms with Gasteiger partial charge >= 0.3 is 0 Å². The molecular formula is C16H26FN3. The molecule has 1 aromatic rings. The van der Waals surface area contributed by atoms with Crippen molar-refractivity contribution in [2.24, 2.45) is 5.73 Å². The maximum absolute atomic E-state index is 14.1. The SMILES string of the molecule is CCC1CN(C)CCCN1Cc1ccc(CN)cc1F. The average molecular weight is 279 g/mol. The van der Waals surface area contributed by atoms with Crippen LogP contribution >= 0.6 is 0 Å². The first-order valence-corrected chi connectivity index (χ1v) is 7.54. The number of benzene rings is 1. The molecule has 1 unspecified atom stereocenters. The molecule has 1 aliphatic rings. The average Bonchev–Trinajstić information content (AvgIpc) is 2.62. The molecule has 4 heteroatoms. The standard InChI is InChI=1S/C16H26FN3/c1-3-15-12-19(2)7-4-8-20(15)11-14-6-5-13(10-18)9-16(14)17/h5-6,9,15H,3-4,7-8,10-12,18H2,1-2H3. The molecule has 3 nitrogen and oxygen atoms in total. The van der Waals surface area contributed by atoms with Gasteiger partial charge in [0, 0.05) is 37.8 Å². The zero-order valence-corrected chi connectivity index (χ0v) is 12.6. The molecular weight excluding hydrogens is 253 g/mol. The monoisotopic (exact) mass is 279 g/mol. The predicted octanol–water partition coefficient (Wildman–Crippen LogP) is 2.20. The molecule has 1 aliphatic heterocycles. The van der Waals surface area contributed by atoms with Crippen LogP contribution < -0.4 is 5.73 Å². The van der Waals surface area contributed by atoms with Gasteiger partial charge in [0.1, 0.15) is 5.82 Å².